The summed E-state index contributed by atoms with van der Waals surface area (Å²) in [6.07, 6.45) is 0. The lowest BCUT2D eigenvalue weighted by Crippen LogP contribution is -2.27. The molecule has 20 heavy (non-hydrogen) atoms. The Labute approximate surface area is 122 Å². The highest BCUT2D eigenvalue weighted by atomic mass is 32.1. The van der Waals surface area contributed by atoms with Crippen molar-refractivity contribution in [2.24, 2.45) is 4.99 Å². The van der Waals surface area contributed by atoms with Crippen molar-refractivity contribution in [1.82, 2.24) is 9.80 Å². The summed E-state index contributed by atoms with van der Waals surface area (Å²) >= 11 is 5.18. The summed E-state index contributed by atoms with van der Waals surface area (Å²) in [5.41, 5.74) is 0.774. The van der Waals surface area contributed by atoms with Gasteiger partial charge < -0.3 is 4.90 Å². The van der Waals surface area contributed by atoms with Crippen molar-refractivity contribution in [1.29, 1.82) is 0 Å². The van der Waals surface area contributed by atoms with Gasteiger partial charge in [0.05, 0.1) is 5.69 Å². The third-order valence-corrected chi connectivity index (χ3v) is 3.93. The van der Waals surface area contributed by atoms with E-state index in [1.807, 2.05) is 42.5 Å². The minimum atomic E-state index is -0.176. The van der Waals surface area contributed by atoms with Crippen molar-refractivity contribution in [2.45, 2.75) is 0 Å². The Balaban J connectivity index is 2.16. The first kappa shape index (κ1) is 12.7. The van der Waals surface area contributed by atoms with Gasteiger partial charge in [-0.15, -0.1) is 0 Å². The Morgan fingerprint density at radius 2 is 1.70 bits per heavy atom. The second-order valence-electron chi connectivity index (χ2n) is 4.64. The number of nitrogens with zero attached hydrogens (tertiary/aromatic N) is 3. The number of likely N-dealkylation sites (N-methyl/N-ethyl adjacent to an activating group) is 2. The molecule has 0 atom stereocenters. The Kier molecular flexibility index (Phi) is 2.99. The maximum atomic E-state index is 12.1. The lowest BCUT2D eigenvalue weighted by Gasteiger charge is -2.10. The molecule has 4 nitrogen and oxygen atoms in total. The van der Waals surface area contributed by atoms with Gasteiger partial charge in [-0.3, -0.25) is 9.69 Å². The number of amides is 1. The van der Waals surface area contributed by atoms with Crippen LogP contribution in [0.5, 0.6) is 0 Å². The van der Waals surface area contributed by atoms with E-state index in [1.54, 1.807) is 19.0 Å². The van der Waals surface area contributed by atoms with E-state index in [4.69, 9.17) is 12.2 Å². The topological polar surface area (TPSA) is 35.9 Å². The zero-order valence-corrected chi connectivity index (χ0v) is 12.0. The second kappa shape index (κ2) is 4.68. The van der Waals surface area contributed by atoms with Crippen LogP contribution in [-0.4, -0.2) is 40.8 Å². The molecule has 5 heteroatoms. The molecule has 2 aromatic carbocycles. The van der Waals surface area contributed by atoms with E-state index in [1.165, 1.54) is 4.90 Å². The summed E-state index contributed by atoms with van der Waals surface area (Å²) < 4.78 is 0. The number of hydrogen-bond donors (Lipinski definition) is 0. The molecule has 0 aromatic heterocycles. The van der Waals surface area contributed by atoms with Crippen molar-refractivity contribution >= 4 is 45.5 Å². The van der Waals surface area contributed by atoms with Crippen molar-refractivity contribution in [3.05, 3.63) is 42.5 Å². The molecule has 1 heterocycles. The third-order valence-electron chi connectivity index (χ3n) is 3.38. The maximum Gasteiger partial charge on any atom is 0.295 e. The van der Waals surface area contributed by atoms with Gasteiger partial charge in [-0.25, -0.2) is 4.99 Å². The molecule has 1 amide bonds. The normalized spacial score (nSPS) is 17.6. The summed E-state index contributed by atoms with van der Waals surface area (Å²) in [4.78, 5) is 19.7. The molecule has 2 aromatic rings. The fourth-order valence-electron chi connectivity index (χ4n) is 2.24. The quantitative estimate of drug-likeness (QED) is 0.755. The molecule has 0 spiro atoms. The largest absolute Gasteiger partial charge is 0.301 e. The van der Waals surface area contributed by atoms with E-state index in [0.717, 1.165) is 16.5 Å². The molecule has 1 aliphatic rings. The van der Waals surface area contributed by atoms with Crippen LogP contribution in [0.1, 0.15) is 0 Å². The minimum absolute atomic E-state index is 0.176. The first-order chi connectivity index (χ1) is 9.59. The summed E-state index contributed by atoms with van der Waals surface area (Å²) in [5, 5.41) is 2.58. The lowest BCUT2D eigenvalue weighted by molar-refractivity contribution is -0.119. The number of carbonyl (C=O) groups excluding carboxylic acids is 1. The van der Waals surface area contributed by atoms with Crippen molar-refractivity contribution in [3.8, 4) is 0 Å². The van der Waals surface area contributed by atoms with Crippen LogP contribution in [0.2, 0.25) is 0 Å². The van der Waals surface area contributed by atoms with Gasteiger partial charge >= 0.3 is 0 Å². The molecule has 100 valence electrons. The lowest BCUT2D eigenvalue weighted by atomic mass is 10.1. The van der Waals surface area contributed by atoms with Gasteiger partial charge in [-0.2, -0.15) is 0 Å². The highest BCUT2D eigenvalue weighted by Gasteiger charge is 2.34. The highest BCUT2D eigenvalue weighted by molar-refractivity contribution is 7.80. The fourth-order valence-corrected chi connectivity index (χ4v) is 2.41. The standard InChI is InChI=1S/C15H13N3OS/c1-17-13(14(19)18(2)15(17)20)16-12-9-5-7-10-6-3-4-8-11(10)12/h3-9H,1-2H3. The predicted octanol–water partition coefficient (Wildman–Crippen LogP) is 2.56. The van der Waals surface area contributed by atoms with Crippen LogP contribution in [0.15, 0.2) is 47.5 Å². The van der Waals surface area contributed by atoms with Gasteiger partial charge in [0.25, 0.3) is 5.91 Å². The first-order valence-electron chi connectivity index (χ1n) is 6.22. The number of thiocarbonyl (C=S) groups is 1. The summed E-state index contributed by atoms with van der Waals surface area (Å²) in [6, 6.07) is 13.8. The molecule has 1 fully saturated rings. The number of amidine groups is 1. The van der Waals surface area contributed by atoms with Crippen LogP contribution >= 0.6 is 12.2 Å². The molecule has 0 saturated carbocycles. The molecular formula is C15H13N3OS. The average molecular weight is 283 g/mol. The molecule has 0 aliphatic carbocycles. The maximum absolute atomic E-state index is 12.1. The number of hydrogen-bond acceptors (Lipinski definition) is 3. The molecular weight excluding hydrogens is 270 g/mol. The molecule has 3 rings (SSSR count). The molecule has 1 aliphatic heterocycles. The van der Waals surface area contributed by atoms with Crippen molar-refractivity contribution in [3.63, 3.8) is 0 Å². The summed E-state index contributed by atoms with van der Waals surface area (Å²) in [5.74, 6) is 0.180. The number of aliphatic imine (C=N–C) groups is 1. The third kappa shape index (κ3) is 1.87. The number of benzene rings is 2. The summed E-state index contributed by atoms with van der Waals surface area (Å²) in [6.45, 7) is 0. The highest BCUT2D eigenvalue weighted by Crippen LogP contribution is 2.27. The van der Waals surface area contributed by atoms with Crippen LogP contribution < -0.4 is 0 Å². The Hall–Kier alpha value is -2.27. The van der Waals surface area contributed by atoms with Crippen LogP contribution in [0.3, 0.4) is 0 Å². The summed E-state index contributed by atoms with van der Waals surface area (Å²) in [7, 11) is 3.42. The molecule has 0 unspecified atom stereocenters. The molecule has 0 N–H and O–H groups in total. The van der Waals surface area contributed by atoms with E-state index >= 15 is 0 Å². The van der Waals surface area contributed by atoms with Gasteiger partial charge in [0, 0.05) is 19.5 Å². The van der Waals surface area contributed by atoms with Crippen molar-refractivity contribution < 1.29 is 4.79 Å². The average Bonchev–Trinajstić information content (AvgIpc) is 2.65. The van der Waals surface area contributed by atoms with Gasteiger partial charge in [0.1, 0.15) is 0 Å². The van der Waals surface area contributed by atoms with E-state index in [-0.39, 0.29) is 5.91 Å². The fraction of sp³-hybridized carbons (Fsp3) is 0.133. The van der Waals surface area contributed by atoms with Crippen molar-refractivity contribution in [2.75, 3.05) is 14.1 Å². The molecule has 1 saturated heterocycles. The number of fused-ring (bicyclic) bond motifs is 1. The van der Waals surface area contributed by atoms with Crippen LogP contribution in [0, 0.1) is 0 Å². The van der Waals surface area contributed by atoms with E-state index in [9.17, 15) is 4.79 Å². The smallest absolute Gasteiger partial charge is 0.295 e. The van der Waals surface area contributed by atoms with E-state index in [2.05, 4.69) is 4.99 Å². The Morgan fingerprint density at radius 3 is 2.40 bits per heavy atom. The van der Waals surface area contributed by atoms with Crippen LogP contribution in [0.25, 0.3) is 10.8 Å². The van der Waals surface area contributed by atoms with Crippen LogP contribution in [-0.2, 0) is 4.79 Å². The van der Waals surface area contributed by atoms with Gasteiger partial charge in [0.2, 0.25) is 5.84 Å². The Bertz CT molecular complexity index is 748. The van der Waals surface area contributed by atoms with Gasteiger partial charge in [-0.1, -0.05) is 36.4 Å². The number of rotatable bonds is 1. The van der Waals surface area contributed by atoms with E-state index < -0.39 is 0 Å². The monoisotopic (exact) mass is 283 g/mol. The molecule has 0 radical (unpaired) electrons. The zero-order valence-electron chi connectivity index (χ0n) is 11.2. The number of carbonyl (C=O) groups is 1. The van der Waals surface area contributed by atoms with Gasteiger partial charge in [-0.05, 0) is 23.7 Å². The SMILES string of the molecule is CN1C(=O)C(=Nc2cccc3ccccc23)N(C)C1=S. The Morgan fingerprint density at radius 1 is 1.00 bits per heavy atom. The molecule has 0 bridgehead atoms. The zero-order chi connectivity index (χ0) is 14.3. The van der Waals surface area contributed by atoms with Crippen LogP contribution in [0.4, 0.5) is 5.69 Å². The second-order valence-corrected chi connectivity index (χ2v) is 5.00. The minimum Gasteiger partial charge on any atom is -0.301 e. The van der Waals surface area contributed by atoms with Gasteiger partial charge in [0.15, 0.2) is 5.11 Å². The predicted molar refractivity (Wildman–Crippen MR) is 84.2 cm³/mol. The van der Waals surface area contributed by atoms with E-state index in [0.29, 0.717) is 10.9 Å². The first-order valence-corrected chi connectivity index (χ1v) is 6.62.